The molecular formula is C25H30N2O6. The molecule has 2 fully saturated rings. The van der Waals surface area contributed by atoms with Crippen molar-refractivity contribution in [3.05, 3.63) is 59.6 Å². The van der Waals surface area contributed by atoms with E-state index in [-0.39, 0.29) is 11.3 Å². The van der Waals surface area contributed by atoms with Crippen molar-refractivity contribution in [2.75, 3.05) is 46.0 Å². The number of rotatable bonds is 9. The number of aliphatic hydroxyl groups is 1. The van der Waals surface area contributed by atoms with Crippen molar-refractivity contribution in [1.29, 1.82) is 0 Å². The first kappa shape index (κ1) is 23.1. The molecule has 0 spiro atoms. The predicted octanol–water partition coefficient (Wildman–Crippen LogP) is 3.21. The fourth-order valence-electron chi connectivity index (χ4n) is 4.25. The topological polar surface area (TPSA) is 92.5 Å². The number of furan rings is 1. The molecule has 176 valence electrons. The second kappa shape index (κ2) is 10.7. The maximum Gasteiger partial charge on any atom is 0.295 e. The predicted molar refractivity (Wildman–Crippen MR) is 122 cm³/mol. The van der Waals surface area contributed by atoms with Crippen molar-refractivity contribution in [3.8, 4) is 5.75 Å². The average Bonchev–Trinajstić information content (AvgIpc) is 3.46. The van der Waals surface area contributed by atoms with Crippen molar-refractivity contribution in [3.63, 3.8) is 0 Å². The fraction of sp³-hybridized carbons (Fsp3) is 0.440. The highest BCUT2D eigenvalue weighted by molar-refractivity contribution is 6.46. The Hall–Kier alpha value is -3.10. The summed E-state index contributed by atoms with van der Waals surface area (Å²) >= 11 is 0. The number of nitrogens with zero attached hydrogens (tertiary/aromatic N) is 2. The zero-order valence-corrected chi connectivity index (χ0v) is 18.9. The van der Waals surface area contributed by atoms with Crippen LogP contribution in [0.4, 0.5) is 0 Å². The molecule has 0 aliphatic carbocycles. The highest BCUT2D eigenvalue weighted by atomic mass is 16.5. The van der Waals surface area contributed by atoms with Gasteiger partial charge in [0.25, 0.3) is 11.7 Å². The lowest BCUT2D eigenvalue weighted by Crippen LogP contribution is -2.38. The highest BCUT2D eigenvalue weighted by Gasteiger charge is 2.47. The van der Waals surface area contributed by atoms with E-state index < -0.39 is 17.7 Å². The second-order valence-corrected chi connectivity index (χ2v) is 8.19. The number of ketones is 1. The van der Waals surface area contributed by atoms with E-state index in [4.69, 9.17) is 13.9 Å². The number of hydrogen-bond donors (Lipinski definition) is 1. The number of carbonyl (C=O) groups is 2. The van der Waals surface area contributed by atoms with Crippen LogP contribution in [-0.4, -0.2) is 72.6 Å². The van der Waals surface area contributed by atoms with Crippen LogP contribution < -0.4 is 4.74 Å². The van der Waals surface area contributed by atoms with Crippen molar-refractivity contribution in [2.24, 2.45) is 0 Å². The first-order chi connectivity index (χ1) is 16.1. The SMILES string of the molecule is CCCOc1cccc(C(O)=C2C(=O)C(=O)N(CCCN3CCOCC3)C2c2ccco2)c1. The summed E-state index contributed by atoms with van der Waals surface area (Å²) in [6.45, 7) is 6.86. The van der Waals surface area contributed by atoms with Gasteiger partial charge in [0.15, 0.2) is 0 Å². The molecule has 1 aromatic heterocycles. The Labute approximate surface area is 193 Å². The molecule has 33 heavy (non-hydrogen) atoms. The van der Waals surface area contributed by atoms with E-state index in [1.54, 1.807) is 36.4 Å². The van der Waals surface area contributed by atoms with Gasteiger partial charge in [0.05, 0.1) is 31.7 Å². The van der Waals surface area contributed by atoms with E-state index in [2.05, 4.69) is 4.90 Å². The molecule has 2 aliphatic heterocycles. The molecule has 0 radical (unpaired) electrons. The van der Waals surface area contributed by atoms with Gasteiger partial charge < -0.3 is 23.9 Å². The Morgan fingerprint density at radius 2 is 1.97 bits per heavy atom. The summed E-state index contributed by atoms with van der Waals surface area (Å²) in [5, 5.41) is 11.1. The number of carbonyl (C=O) groups excluding carboxylic acids is 2. The quantitative estimate of drug-likeness (QED) is 0.353. The van der Waals surface area contributed by atoms with Crippen LogP contribution in [0.3, 0.4) is 0 Å². The molecule has 2 saturated heterocycles. The number of aliphatic hydroxyl groups excluding tert-OH is 1. The lowest BCUT2D eigenvalue weighted by Gasteiger charge is -2.28. The second-order valence-electron chi connectivity index (χ2n) is 8.19. The standard InChI is InChI=1S/C25H30N2O6/c1-2-13-32-19-7-3-6-18(17-19)23(28)21-22(20-8-4-14-33-20)27(25(30)24(21)29)10-5-9-26-11-15-31-16-12-26/h3-4,6-8,14,17,22,28H,2,5,9-13,15-16H2,1H3. The zero-order chi connectivity index (χ0) is 23.2. The van der Waals surface area contributed by atoms with Crippen molar-refractivity contribution < 1.29 is 28.6 Å². The summed E-state index contributed by atoms with van der Waals surface area (Å²) in [5.41, 5.74) is 0.459. The Balaban J connectivity index is 1.61. The Morgan fingerprint density at radius 1 is 1.15 bits per heavy atom. The number of likely N-dealkylation sites (tertiary alicyclic amines) is 1. The third-order valence-electron chi connectivity index (χ3n) is 5.91. The van der Waals surface area contributed by atoms with Crippen molar-refractivity contribution in [1.82, 2.24) is 9.80 Å². The third-order valence-corrected chi connectivity index (χ3v) is 5.91. The Bertz CT molecular complexity index is 994. The number of ether oxygens (including phenoxy) is 2. The zero-order valence-electron chi connectivity index (χ0n) is 18.9. The first-order valence-corrected chi connectivity index (χ1v) is 11.4. The van der Waals surface area contributed by atoms with Crippen LogP contribution >= 0.6 is 0 Å². The number of amides is 1. The molecular weight excluding hydrogens is 424 g/mol. The smallest absolute Gasteiger partial charge is 0.295 e. The first-order valence-electron chi connectivity index (χ1n) is 11.4. The van der Waals surface area contributed by atoms with Gasteiger partial charge in [-0.25, -0.2) is 0 Å². The number of Topliss-reactive ketones (excluding diaryl/α,β-unsaturated/α-hetero) is 1. The minimum atomic E-state index is -0.773. The molecule has 0 bridgehead atoms. The summed E-state index contributed by atoms with van der Waals surface area (Å²) in [4.78, 5) is 29.8. The lowest BCUT2D eigenvalue weighted by molar-refractivity contribution is -0.140. The van der Waals surface area contributed by atoms with Gasteiger partial charge in [-0.3, -0.25) is 14.5 Å². The minimum absolute atomic E-state index is 0.0361. The molecule has 1 aromatic carbocycles. The van der Waals surface area contributed by atoms with Gasteiger partial charge >= 0.3 is 0 Å². The summed E-state index contributed by atoms with van der Waals surface area (Å²) in [7, 11) is 0. The fourth-order valence-corrected chi connectivity index (χ4v) is 4.25. The molecule has 8 heteroatoms. The molecule has 1 amide bonds. The monoisotopic (exact) mass is 454 g/mol. The summed E-state index contributed by atoms with van der Waals surface area (Å²) in [6.07, 6.45) is 3.05. The molecule has 2 aromatic rings. The van der Waals surface area contributed by atoms with Gasteiger partial charge in [0.1, 0.15) is 23.3 Å². The van der Waals surface area contributed by atoms with Crippen LogP contribution in [0.5, 0.6) is 5.75 Å². The third kappa shape index (κ3) is 5.12. The van der Waals surface area contributed by atoms with Gasteiger partial charge in [-0.15, -0.1) is 0 Å². The Morgan fingerprint density at radius 3 is 2.70 bits per heavy atom. The van der Waals surface area contributed by atoms with Gasteiger partial charge in [-0.05, 0) is 37.1 Å². The van der Waals surface area contributed by atoms with Crippen LogP contribution in [0.25, 0.3) is 5.76 Å². The normalized spacial score (nSPS) is 21.0. The summed E-state index contributed by atoms with van der Waals surface area (Å²) in [5.74, 6) is -0.526. The number of hydrogen-bond acceptors (Lipinski definition) is 7. The molecule has 3 heterocycles. The molecule has 1 N–H and O–H groups in total. The minimum Gasteiger partial charge on any atom is -0.507 e. The van der Waals surface area contributed by atoms with E-state index in [0.29, 0.717) is 49.9 Å². The van der Waals surface area contributed by atoms with E-state index in [9.17, 15) is 14.7 Å². The van der Waals surface area contributed by atoms with Crippen LogP contribution in [0.15, 0.2) is 52.7 Å². The van der Waals surface area contributed by atoms with Crippen LogP contribution in [-0.2, 0) is 14.3 Å². The molecule has 2 aliphatic rings. The molecule has 0 saturated carbocycles. The van der Waals surface area contributed by atoms with E-state index >= 15 is 0 Å². The number of benzene rings is 1. The van der Waals surface area contributed by atoms with Crippen LogP contribution in [0.1, 0.15) is 37.1 Å². The van der Waals surface area contributed by atoms with Gasteiger partial charge in [0, 0.05) is 31.7 Å². The number of morpholine rings is 1. The average molecular weight is 455 g/mol. The molecule has 8 nitrogen and oxygen atoms in total. The van der Waals surface area contributed by atoms with E-state index in [1.807, 2.05) is 6.92 Å². The van der Waals surface area contributed by atoms with Crippen LogP contribution in [0.2, 0.25) is 0 Å². The summed E-state index contributed by atoms with van der Waals surface area (Å²) < 4.78 is 16.6. The molecule has 4 rings (SSSR count). The highest BCUT2D eigenvalue weighted by Crippen LogP contribution is 2.40. The largest absolute Gasteiger partial charge is 0.507 e. The van der Waals surface area contributed by atoms with E-state index in [0.717, 1.165) is 26.1 Å². The molecule has 1 unspecified atom stereocenters. The van der Waals surface area contributed by atoms with Crippen molar-refractivity contribution >= 4 is 17.4 Å². The summed E-state index contributed by atoms with van der Waals surface area (Å²) in [6, 6.07) is 9.57. The maximum atomic E-state index is 13.0. The van der Waals surface area contributed by atoms with Gasteiger partial charge in [-0.2, -0.15) is 0 Å². The van der Waals surface area contributed by atoms with Crippen LogP contribution in [0, 0.1) is 0 Å². The van der Waals surface area contributed by atoms with Gasteiger partial charge in [-0.1, -0.05) is 19.1 Å². The van der Waals surface area contributed by atoms with Gasteiger partial charge in [0.2, 0.25) is 0 Å². The maximum absolute atomic E-state index is 13.0. The van der Waals surface area contributed by atoms with Crippen molar-refractivity contribution in [2.45, 2.75) is 25.8 Å². The Kier molecular flexibility index (Phi) is 7.47. The van der Waals surface area contributed by atoms with E-state index in [1.165, 1.54) is 11.2 Å². The molecule has 1 atom stereocenters. The lowest BCUT2D eigenvalue weighted by atomic mass is 9.99.